The van der Waals surface area contributed by atoms with Crippen LogP contribution in [0.2, 0.25) is 58.9 Å². The predicted octanol–water partition coefficient (Wildman–Crippen LogP) is 8.20. The first kappa shape index (κ1) is 37.5. The molecule has 2 aromatic carbocycles. The number of hydrogen-bond donors (Lipinski definition) is 0. The quantitative estimate of drug-likeness (QED) is 0.156. The minimum absolute atomic E-state index is 0.276. The van der Waals surface area contributed by atoms with Crippen molar-refractivity contribution in [1.82, 2.24) is 0 Å². The van der Waals surface area contributed by atoms with Crippen molar-refractivity contribution >= 4 is 34.0 Å². The molecule has 1 atom stereocenters. The lowest BCUT2D eigenvalue weighted by atomic mass is 9.77. The van der Waals surface area contributed by atoms with Gasteiger partial charge in [-0.3, -0.25) is 0 Å². The molecular formula is C31H56O8Si4. The second-order valence-electron chi connectivity index (χ2n) is 14.2. The molecule has 0 aliphatic rings. The predicted molar refractivity (Wildman–Crippen MR) is 184 cm³/mol. The van der Waals surface area contributed by atoms with Gasteiger partial charge >= 0.3 is 9.05 Å². The SMILES string of the molecule is CCC(COc1ccc(C(C)(C)c2ccc(OC)cc2OC)c(OC)c1)O[Si](O[Si](C)(C)C)(O[Si](C)(C)C)O[Si](C)(C)C. The lowest BCUT2D eigenvalue weighted by Gasteiger charge is -2.42. The molecule has 0 bridgehead atoms. The van der Waals surface area contributed by atoms with E-state index in [2.05, 4.69) is 85.8 Å². The molecule has 0 aromatic heterocycles. The zero-order chi connectivity index (χ0) is 32.9. The van der Waals surface area contributed by atoms with Crippen LogP contribution in [-0.2, 0) is 22.2 Å². The van der Waals surface area contributed by atoms with Crippen LogP contribution < -0.4 is 18.9 Å². The van der Waals surface area contributed by atoms with Crippen LogP contribution in [0.3, 0.4) is 0 Å². The van der Waals surface area contributed by atoms with E-state index in [0.29, 0.717) is 18.8 Å². The minimum Gasteiger partial charge on any atom is -0.497 e. The molecule has 8 nitrogen and oxygen atoms in total. The molecule has 0 spiro atoms. The Morgan fingerprint density at radius 3 is 1.42 bits per heavy atom. The Labute approximate surface area is 265 Å². The Morgan fingerprint density at radius 1 is 0.628 bits per heavy atom. The summed E-state index contributed by atoms with van der Waals surface area (Å²) in [6.45, 7) is 26.0. The van der Waals surface area contributed by atoms with Gasteiger partial charge in [-0.05, 0) is 77.5 Å². The summed E-state index contributed by atoms with van der Waals surface area (Å²) in [6.07, 6.45) is 0.439. The van der Waals surface area contributed by atoms with Crippen molar-refractivity contribution in [2.45, 2.75) is 97.6 Å². The molecule has 0 aliphatic heterocycles. The zero-order valence-corrected chi connectivity index (χ0v) is 33.2. The normalized spacial score (nSPS) is 13.9. The van der Waals surface area contributed by atoms with Gasteiger partial charge in [-0.25, -0.2) is 0 Å². The first-order valence-electron chi connectivity index (χ1n) is 15.0. The van der Waals surface area contributed by atoms with Crippen molar-refractivity contribution in [2.75, 3.05) is 27.9 Å². The summed E-state index contributed by atoms with van der Waals surface area (Å²) < 4.78 is 50.2. The summed E-state index contributed by atoms with van der Waals surface area (Å²) in [6, 6.07) is 11.8. The van der Waals surface area contributed by atoms with E-state index < -0.39 is 39.4 Å². The van der Waals surface area contributed by atoms with Crippen molar-refractivity contribution in [1.29, 1.82) is 0 Å². The maximum atomic E-state index is 6.77. The highest BCUT2D eigenvalue weighted by atomic mass is 28.5. The van der Waals surface area contributed by atoms with Gasteiger partial charge in [-0.2, -0.15) is 0 Å². The number of hydrogen-bond acceptors (Lipinski definition) is 8. The third kappa shape index (κ3) is 11.3. The smallest absolute Gasteiger partial charge is 0.497 e. The highest BCUT2D eigenvalue weighted by Gasteiger charge is 2.55. The fourth-order valence-electron chi connectivity index (χ4n) is 4.63. The van der Waals surface area contributed by atoms with Gasteiger partial charge in [-0.15, -0.1) is 0 Å². The molecule has 0 fully saturated rings. The fraction of sp³-hybridized carbons (Fsp3) is 0.613. The van der Waals surface area contributed by atoms with Crippen LogP contribution in [0, 0.1) is 0 Å². The third-order valence-corrected chi connectivity index (χ3v) is 17.4. The average Bonchev–Trinajstić information content (AvgIpc) is 2.87. The summed E-state index contributed by atoms with van der Waals surface area (Å²) in [5.41, 5.74) is 1.62. The monoisotopic (exact) mass is 668 g/mol. The molecule has 12 heteroatoms. The molecule has 0 amide bonds. The second kappa shape index (κ2) is 14.6. The van der Waals surface area contributed by atoms with Crippen molar-refractivity contribution in [2.24, 2.45) is 0 Å². The Hall–Kier alpha value is -1.65. The van der Waals surface area contributed by atoms with Gasteiger partial charge in [0.25, 0.3) is 0 Å². The van der Waals surface area contributed by atoms with Gasteiger partial charge < -0.3 is 35.7 Å². The highest BCUT2D eigenvalue weighted by molar-refractivity contribution is 6.87. The number of methoxy groups -OCH3 is 3. The molecule has 244 valence electrons. The summed E-state index contributed by atoms with van der Waals surface area (Å²) in [7, 11) is -4.71. The largest absolute Gasteiger partial charge is 0.648 e. The molecule has 0 radical (unpaired) electrons. The van der Waals surface area contributed by atoms with Crippen LogP contribution in [0.25, 0.3) is 0 Å². The van der Waals surface area contributed by atoms with E-state index in [1.54, 1.807) is 21.3 Å². The van der Waals surface area contributed by atoms with Crippen molar-refractivity contribution < 1.29 is 35.7 Å². The summed E-state index contributed by atoms with van der Waals surface area (Å²) in [5, 5.41) is 0. The van der Waals surface area contributed by atoms with Crippen LogP contribution in [0.15, 0.2) is 36.4 Å². The van der Waals surface area contributed by atoms with Gasteiger partial charge in [0.15, 0.2) is 25.0 Å². The summed E-state index contributed by atoms with van der Waals surface area (Å²) in [5.74, 6) is 2.91. The fourth-order valence-corrected chi connectivity index (χ4v) is 16.5. The van der Waals surface area contributed by atoms with Crippen LogP contribution >= 0.6 is 0 Å². The van der Waals surface area contributed by atoms with E-state index >= 15 is 0 Å². The van der Waals surface area contributed by atoms with Crippen molar-refractivity contribution in [3.63, 3.8) is 0 Å². The molecular weight excluding hydrogens is 613 g/mol. The van der Waals surface area contributed by atoms with Gasteiger partial charge in [0.1, 0.15) is 29.6 Å². The molecule has 0 saturated heterocycles. The molecule has 0 N–H and O–H groups in total. The van der Waals surface area contributed by atoms with E-state index in [0.717, 1.165) is 28.4 Å². The molecule has 0 saturated carbocycles. The number of benzene rings is 2. The maximum Gasteiger partial charge on any atom is 0.648 e. The van der Waals surface area contributed by atoms with Crippen LogP contribution in [0.1, 0.15) is 38.3 Å². The van der Waals surface area contributed by atoms with Gasteiger partial charge in [-0.1, -0.05) is 32.9 Å². The van der Waals surface area contributed by atoms with Gasteiger partial charge in [0.2, 0.25) is 0 Å². The summed E-state index contributed by atoms with van der Waals surface area (Å²) in [4.78, 5) is 0. The molecule has 0 heterocycles. The molecule has 0 aliphatic carbocycles. The zero-order valence-electron chi connectivity index (χ0n) is 29.2. The molecule has 43 heavy (non-hydrogen) atoms. The highest BCUT2D eigenvalue weighted by Crippen LogP contribution is 2.43. The topological polar surface area (TPSA) is 73.8 Å². The van der Waals surface area contributed by atoms with E-state index in [1.807, 2.05) is 30.3 Å². The van der Waals surface area contributed by atoms with Crippen molar-refractivity contribution in [3.05, 3.63) is 47.5 Å². The Morgan fingerprint density at radius 2 is 1.05 bits per heavy atom. The van der Waals surface area contributed by atoms with Crippen LogP contribution in [0.4, 0.5) is 0 Å². The van der Waals surface area contributed by atoms with E-state index in [1.165, 1.54) is 0 Å². The molecule has 2 rings (SSSR count). The number of ether oxygens (including phenoxy) is 4. The van der Waals surface area contributed by atoms with Crippen molar-refractivity contribution in [3.8, 4) is 23.0 Å². The molecule has 1 unspecified atom stereocenters. The first-order chi connectivity index (χ1) is 19.7. The van der Waals surface area contributed by atoms with Gasteiger partial charge in [0, 0.05) is 28.7 Å². The third-order valence-electron chi connectivity index (χ3n) is 6.42. The minimum atomic E-state index is -3.47. The second-order valence-corrected chi connectivity index (χ2v) is 30.5. The lowest BCUT2D eigenvalue weighted by molar-refractivity contribution is 0.0164. The summed E-state index contributed by atoms with van der Waals surface area (Å²) >= 11 is 0. The van der Waals surface area contributed by atoms with E-state index in [-0.39, 0.29) is 6.10 Å². The maximum absolute atomic E-state index is 6.77. The number of rotatable bonds is 17. The Kier molecular flexibility index (Phi) is 12.8. The van der Waals surface area contributed by atoms with Crippen LogP contribution in [0.5, 0.6) is 23.0 Å². The lowest BCUT2D eigenvalue weighted by Crippen LogP contribution is -2.63. The molecule has 2 aromatic rings. The standard InChI is InChI=1S/C31H56O8Si4/c1-16-24(36-43(37-40(7,8)9,38-41(10,11)12)39-42(13,14)15)23-35-26-18-20-28(30(22-26)34-6)31(2,3)27-19-17-25(32-4)21-29(27)33-5/h17-22,24H,16,23H2,1-15H3. The van der Waals surface area contributed by atoms with Crippen LogP contribution in [-0.4, -0.2) is 68.0 Å². The van der Waals surface area contributed by atoms with E-state index in [4.69, 9.17) is 35.7 Å². The Balaban J connectivity index is 2.37. The van der Waals surface area contributed by atoms with Gasteiger partial charge in [0.05, 0.1) is 27.4 Å². The Bertz CT molecular complexity index is 1140. The average molecular weight is 669 g/mol. The van der Waals surface area contributed by atoms with E-state index in [9.17, 15) is 0 Å². The first-order valence-corrected chi connectivity index (χ1v) is 26.9.